The average molecular weight is 975 g/mol. The largest absolute Gasteiger partial charge is 0.310 e. The van der Waals surface area contributed by atoms with Crippen molar-refractivity contribution in [2.45, 2.75) is 41.5 Å². The Morgan fingerprint density at radius 2 is 0.605 bits per heavy atom. The molecule has 11 aromatic carbocycles. The van der Waals surface area contributed by atoms with Crippen LogP contribution in [0.25, 0.3) is 98.4 Å². The lowest BCUT2D eigenvalue weighted by atomic mass is 9.89. The Balaban J connectivity index is 1.16. The summed E-state index contributed by atoms with van der Waals surface area (Å²) in [6.45, 7) is 13.4. The summed E-state index contributed by atoms with van der Waals surface area (Å²) in [6.07, 6.45) is 0. The van der Waals surface area contributed by atoms with E-state index >= 15 is 0 Å². The number of anilines is 6. The molecule has 0 fully saturated rings. The molecular weight excluding hydrogens is 921 g/mol. The Morgan fingerprint density at radius 1 is 0.276 bits per heavy atom. The molecule has 4 heteroatoms. The molecule has 15 rings (SSSR count). The maximum Gasteiger partial charge on any atom is 0.0642 e. The first kappa shape index (κ1) is 44.1. The summed E-state index contributed by atoms with van der Waals surface area (Å²) in [4.78, 5) is 4.98. The lowest BCUT2D eigenvalue weighted by Crippen LogP contribution is -2.11. The Kier molecular flexibility index (Phi) is 9.62. The second-order valence-electron chi connectivity index (χ2n) is 21.1. The molecule has 4 aromatic heterocycles. The van der Waals surface area contributed by atoms with Gasteiger partial charge in [-0.15, -0.1) is 0 Å². The van der Waals surface area contributed by atoms with E-state index in [0.717, 1.165) is 34.1 Å². The number of benzene rings is 11. The van der Waals surface area contributed by atoms with Crippen molar-refractivity contribution in [3.05, 3.63) is 252 Å². The van der Waals surface area contributed by atoms with Crippen molar-refractivity contribution in [1.29, 1.82) is 0 Å². The third-order valence-electron chi connectivity index (χ3n) is 17.0. The Hall–Kier alpha value is -9.38. The van der Waals surface area contributed by atoms with Crippen LogP contribution < -0.4 is 9.80 Å². The van der Waals surface area contributed by atoms with Crippen molar-refractivity contribution in [2.75, 3.05) is 9.80 Å². The lowest BCUT2D eigenvalue weighted by molar-refractivity contribution is 1.22. The number of aryl methyl sites for hydroxylation is 4. The molecule has 0 amide bonds. The molecule has 4 heterocycles. The Morgan fingerprint density at radius 3 is 0.974 bits per heavy atom. The minimum Gasteiger partial charge on any atom is -0.310 e. The Labute approximate surface area is 442 Å². The maximum atomic E-state index is 2.64. The number of nitrogens with zero attached hydrogens (tertiary/aromatic N) is 4. The van der Waals surface area contributed by atoms with Gasteiger partial charge in [0.25, 0.3) is 0 Å². The molecular formula is C72H54N4. The third kappa shape index (κ3) is 6.13. The summed E-state index contributed by atoms with van der Waals surface area (Å²) in [6, 6.07) is 81.6. The van der Waals surface area contributed by atoms with E-state index < -0.39 is 0 Å². The average Bonchev–Trinajstić information content (AvgIpc) is 4.38. The fraction of sp³-hybridized carbons (Fsp3) is 0.0833. The molecule has 362 valence electrons. The molecule has 0 bridgehead atoms. The smallest absolute Gasteiger partial charge is 0.0642 e. The van der Waals surface area contributed by atoms with Crippen LogP contribution in [0.2, 0.25) is 0 Å². The second kappa shape index (κ2) is 16.6. The predicted octanol–water partition coefficient (Wildman–Crippen LogP) is 20.1. The first-order valence-corrected chi connectivity index (χ1v) is 26.6. The number of hydrogen-bond acceptors (Lipinski definition) is 2. The first-order chi connectivity index (χ1) is 37.3. The molecule has 0 atom stereocenters. The standard InChI is InChI=1S/C72H54N4/c1-43-39-53(40-44(2)47(43)5)73(51-27-15-9-16-28-51)61-37-35-57-67-63(49-23-11-7-12-24-49)72-68(64(50-25-13-8-14-26-50)71(67)75-59-33-21-19-31-55(59)65(61)69(57)75)58-36-38-62(66-56-32-20-22-34-60(56)76(72)70(58)66)74(52-29-17-10-18-30-52)54-41-45(3)48(6)46(4)42-54/h7-42H,1-6H3. The summed E-state index contributed by atoms with van der Waals surface area (Å²) >= 11 is 0. The highest BCUT2D eigenvalue weighted by Gasteiger charge is 2.33. The van der Waals surface area contributed by atoms with Crippen molar-refractivity contribution in [1.82, 2.24) is 8.80 Å². The summed E-state index contributed by atoms with van der Waals surface area (Å²) in [7, 11) is 0. The Bertz CT molecular complexity index is 4440. The van der Waals surface area contributed by atoms with Gasteiger partial charge in [0.2, 0.25) is 0 Å². The molecule has 0 aliphatic rings. The van der Waals surface area contributed by atoms with E-state index in [1.807, 2.05) is 0 Å². The molecule has 76 heavy (non-hydrogen) atoms. The molecule has 4 nitrogen and oxygen atoms in total. The van der Waals surface area contributed by atoms with Gasteiger partial charge >= 0.3 is 0 Å². The van der Waals surface area contributed by atoms with Crippen LogP contribution >= 0.6 is 0 Å². The van der Waals surface area contributed by atoms with E-state index in [4.69, 9.17) is 0 Å². The van der Waals surface area contributed by atoms with Crippen LogP contribution in [0.15, 0.2) is 218 Å². The quantitative estimate of drug-likeness (QED) is 0.151. The molecule has 0 saturated carbocycles. The van der Waals surface area contributed by atoms with Crippen LogP contribution in [0, 0.1) is 41.5 Å². The number of hydrogen-bond donors (Lipinski definition) is 0. The van der Waals surface area contributed by atoms with Crippen LogP contribution in [-0.2, 0) is 0 Å². The zero-order chi connectivity index (χ0) is 51.1. The van der Waals surface area contributed by atoms with Gasteiger partial charge in [0, 0.05) is 77.0 Å². The molecule has 0 saturated heterocycles. The van der Waals surface area contributed by atoms with Crippen LogP contribution in [0.5, 0.6) is 0 Å². The molecule has 0 aliphatic heterocycles. The van der Waals surface area contributed by atoms with E-state index in [9.17, 15) is 0 Å². The zero-order valence-corrected chi connectivity index (χ0v) is 43.6. The monoisotopic (exact) mass is 974 g/mol. The summed E-state index contributed by atoms with van der Waals surface area (Å²) in [5.74, 6) is 0. The van der Waals surface area contributed by atoms with Gasteiger partial charge in [0.1, 0.15) is 0 Å². The van der Waals surface area contributed by atoms with E-state index in [-0.39, 0.29) is 0 Å². The molecule has 0 radical (unpaired) electrons. The van der Waals surface area contributed by atoms with Gasteiger partial charge in [0.05, 0.1) is 44.5 Å². The third-order valence-corrected chi connectivity index (χ3v) is 17.0. The van der Waals surface area contributed by atoms with Crippen molar-refractivity contribution in [3.63, 3.8) is 0 Å². The van der Waals surface area contributed by atoms with Gasteiger partial charge in [-0.25, -0.2) is 0 Å². The van der Waals surface area contributed by atoms with Crippen LogP contribution in [0.1, 0.15) is 33.4 Å². The summed E-state index contributed by atoms with van der Waals surface area (Å²) in [5.41, 5.74) is 26.8. The van der Waals surface area contributed by atoms with Gasteiger partial charge in [-0.05, 0) is 159 Å². The normalized spacial score (nSPS) is 12.1. The number of fused-ring (bicyclic) bond motifs is 12. The molecule has 0 unspecified atom stereocenters. The van der Waals surface area contributed by atoms with E-state index in [1.165, 1.54) is 132 Å². The fourth-order valence-electron chi connectivity index (χ4n) is 13.2. The van der Waals surface area contributed by atoms with Crippen LogP contribution in [-0.4, -0.2) is 8.80 Å². The topological polar surface area (TPSA) is 15.3 Å². The van der Waals surface area contributed by atoms with Crippen molar-refractivity contribution in [3.8, 4) is 22.3 Å². The molecule has 0 spiro atoms. The summed E-state index contributed by atoms with van der Waals surface area (Å²) < 4.78 is 5.28. The van der Waals surface area contributed by atoms with E-state index in [0.29, 0.717) is 0 Å². The lowest BCUT2D eigenvalue weighted by Gasteiger charge is -2.28. The minimum atomic E-state index is 1.12. The number of aromatic nitrogens is 2. The molecule has 0 N–H and O–H groups in total. The second-order valence-corrected chi connectivity index (χ2v) is 21.1. The van der Waals surface area contributed by atoms with Crippen molar-refractivity contribution in [2.24, 2.45) is 0 Å². The van der Waals surface area contributed by atoms with E-state index in [2.05, 4.69) is 279 Å². The van der Waals surface area contributed by atoms with Gasteiger partial charge in [-0.2, -0.15) is 0 Å². The van der Waals surface area contributed by atoms with Gasteiger partial charge < -0.3 is 18.6 Å². The SMILES string of the molecule is Cc1cc(N(c2ccccc2)c2ccc3c4c(-c5ccccc5)c5c(c(-c6ccccc6)c4n4c6ccccc6c2c34)c2ccc(N(c3ccccc3)c3cc(C)c(C)c(C)c3)c3c4ccccc4n5c23)cc(C)c1C. The summed E-state index contributed by atoms with van der Waals surface area (Å²) in [5, 5.41) is 9.92. The highest BCUT2D eigenvalue weighted by Crippen LogP contribution is 2.57. The number of rotatable bonds is 8. The van der Waals surface area contributed by atoms with Gasteiger partial charge in [-0.1, -0.05) is 146 Å². The first-order valence-electron chi connectivity index (χ1n) is 26.6. The zero-order valence-electron chi connectivity index (χ0n) is 43.6. The van der Waals surface area contributed by atoms with Crippen molar-refractivity contribution >= 4 is 110 Å². The van der Waals surface area contributed by atoms with Gasteiger partial charge in [-0.3, -0.25) is 0 Å². The highest BCUT2D eigenvalue weighted by molar-refractivity contribution is 6.39. The van der Waals surface area contributed by atoms with Crippen molar-refractivity contribution < 1.29 is 0 Å². The fourth-order valence-corrected chi connectivity index (χ4v) is 13.2. The minimum absolute atomic E-state index is 1.12. The number of para-hydroxylation sites is 4. The van der Waals surface area contributed by atoms with Gasteiger partial charge in [0.15, 0.2) is 0 Å². The van der Waals surface area contributed by atoms with E-state index in [1.54, 1.807) is 0 Å². The maximum absolute atomic E-state index is 2.64. The highest BCUT2D eigenvalue weighted by atomic mass is 15.2. The van der Waals surface area contributed by atoms with Crippen LogP contribution in [0.4, 0.5) is 34.1 Å². The molecule has 0 aliphatic carbocycles. The predicted molar refractivity (Wildman–Crippen MR) is 324 cm³/mol. The van der Waals surface area contributed by atoms with Crippen LogP contribution in [0.3, 0.4) is 0 Å². The molecule has 15 aromatic rings.